The Bertz CT molecular complexity index is 1360. The second-order valence-corrected chi connectivity index (χ2v) is 10.3. The highest BCUT2D eigenvalue weighted by molar-refractivity contribution is 5.76. The molecule has 0 saturated carbocycles. The first-order valence-corrected chi connectivity index (χ1v) is 14.0. The van der Waals surface area contributed by atoms with Crippen LogP contribution in [0, 0.1) is 0 Å². The van der Waals surface area contributed by atoms with E-state index in [2.05, 4.69) is 57.6 Å². The van der Waals surface area contributed by atoms with E-state index < -0.39 is 0 Å². The molecule has 0 radical (unpaired) electrons. The summed E-state index contributed by atoms with van der Waals surface area (Å²) < 4.78 is 3.90. The number of para-hydroxylation sites is 1. The number of anilines is 1. The Morgan fingerprint density at radius 2 is 1.95 bits per heavy atom. The molecule has 39 heavy (non-hydrogen) atoms. The highest BCUT2D eigenvalue weighted by atomic mass is 16.3. The van der Waals surface area contributed by atoms with Gasteiger partial charge >= 0.3 is 0 Å². The number of nitrogens with zero attached hydrogens (tertiary/aromatic N) is 5. The van der Waals surface area contributed by atoms with Gasteiger partial charge in [0.15, 0.2) is 0 Å². The summed E-state index contributed by atoms with van der Waals surface area (Å²) in [6.45, 7) is 1.58. The summed E-state index contributed by atoms with van der Waals surface area (Å²) in [6, 6.07) is 18.8. The molecule has 2 aromatic heterocycles. The minimum Gasteiger partial charge on any atom is -0.396 e. The average Bonchev–Trinajstić information content (AvgIpc) is 3.59. The minimum atomic E-state index is 0.134. The number of carbonyl (C=O) groups excluding carboxylic acids is 1. The van der Waals surface area contributed by atoms with Gasteiger partial charge in [-0.3, -0.25) is 14.0 Å². The van der Waals surface area contributed by atoms with Crippen LogP contribution in [-0.4, -0.2) is 54.4 Å². The maximum absolute atomic E-state index is 13.0. The Labute approximate surface area is 230 Å². The summed E-state index contributed by atoms with van der Waals surface area (Å²) in [5.74, 6) is 0.982. The molecule has 1 amide bonds. The Balaban J connectivity index is 1.25. The van der Waals surface area contributed by atoms with Gasteiger partial charge < -0.3 is 15.3 Å². The maximum Gasteiger partial charge on any atom is 0.222 e. The third-order valence-corrected chi connectivity index (χ3v) is 7.44. The number of aromatic nitrogens is 4. The van der Waals surface area contributed by atoms with Gasteiger partial charge in [0.1, 0.15) is 0 Å². The summed E-state index contributed by atoms with van der Waals surface area (Å²) in [7, 11) is 1.92. The standard InChI is InChI=1S/C31H38N6O2/c1-35-22-26(21-33-35)25-10-7-9-24(19-25)20-32-31-34-27(23-37(31)28-12-3-2-4-13-28)11-8-15-30(39)36-17-6-5-14-29(36)16-18-38/h2-4,7,9-10,12-13,19,21-23,29,38H,5-6,8,11,14-18,20H2,1H3,(H,32,34)/t29-/m1/s1. The zero-order valence-corrected chi connectivity index (χ0v) is 22.7. The molecule has 8 nitrogen and oxygen atoms in total. The normalized spacial score (nSPS) is 15.4. The first-order valence-electron chi connectivity index (χ1n) is 14.0. The van der Waals surface area contributed by atoms with Crippen LogP contribution in [0.1, 0.15) is 49.8 Å². The zero-order valence-electron chi connectivity index (χ0n) is 22.7. The molecule has 5 rings (SSSR count). The van der Waals surface area contributed by atoms with E-state index in [4.69, 9.17) is 4.98 Å². The van der Waals surface area contributed by atoms with Crippen molar-refractivity contribution < 1.29 is 9.90 Å². The van der Waals surface area contributed by atoms with Crippen molar-refractivity contribution in [3.63, 3.8) is 0 Å². The molecule has 0 bridgehead atoms. The topological polar surface area (TPSA) is 88.2 Å². The van der Waals surface area contributed by atoms with Crippen molar-refractivity contribution in [3.05, 3.63) is 84.4 Å². The molecule has 1 saturated heterocycles. The number of aryl methyl sites for hydroxylation is 2. The van der Waals surface area contributed by atoms with E-state index in [9.17, 15) is 9.90 Å². The number of hydrogen-bond acceptors (Lipinski definition) is 5. The second kappa shape index (κ2) is 12.8. The monoisotopic (exact) mass is 526 g/mol. The number of hydrogen-bond donors (Lipinski definition) is 2. The number of carbonyl (C=O) groups is 1. The molecular weight excluding hydrogens is 488 g/mol. The molecule has 3 heterocycles. The Hall–Kier alpha value is -3.91. The fraction of sp³-hybridized carbons (Fsp3) is 0.387. The number of aliphatic hydroxyl groups excluding tert-OH is 1. The number of amides is 1. The summed E-state index contributed by atoms with van der Waals surface area (Å²) in [4.78, 5) is 19.9. The molecule has 204 valence electrons. The number of aliphatic hydroxyl groups is 1. The first kappa shape index (κ1) is 26.7. The fourth-order valence-corrected chi connectivity index (χ4v) is 5.41. The van der Waals surface area contributed by atoms with Crippen LogP contribution in [0.2, 0.25) is 0 Å². The molecule has 0 aliphatic carbocycles. The van der Waals surface area contributed by atoms with Crippen molar-refractivity contribution in [2.75, 3.05) is 18.5 Å². The average molecular weight is 527 g/mol. The van der Waals surface area contributed by atoms with Gasteiger partial charge in [0, 0.05) is 62.9 Å². The minimum absolute atomic E-state index is 0.134. The lowest BCUT2D eigenvalue weighted by molar-refractivity contribution is -0.135. The molecule has 4 aromatic rings. The molecular formula is C31H38N6O2. The van der Waals surface area contributed by atoms with Crippen LogP contribution in [-0.2, 0) is 24.8 Å². The van der Waals surface area contributed by atoms with Crippen molar-refractivity contribution in [1.82, 2.24) is 24.2 Å². The van der Waals surface area contributed by atoms with Crippen LogP contribution in [0.25, 0.3) is 16.8 Å². The lowest BCUT2D eigenvalue weighted by Crippen LogP contribution is -2.44. The van der Waals surface area contributed by atoms with E-state index >= 15 is 0 Å². The van der Waals surface area contributed by atoms with Crippen LogP contribution in [0.3, 0.4) is 0 Å². The predicted molar refractivity (Wildman–Crippen MR) is 154 cm³/mol. The highest BCUT2D eigenvalue weighted by Gasteiger charge is 2.25. The zero-order chi connectivity index (χ0) is 27.0. The van der Waals surface area contributed by atoms with Gasteiger partial charge in [0.2, 0.25) is 11.9 Å². The van der Waals surface area contributed by atoms with Crippen molar-refractivity contribution in [2.45, 2.75) is 57.5 Å². The fourth-order valence-electron chi connectivity index (χ4n) is 5.41. The summed E-state index contributed by atoms with van der Waals surface area (Å²) >= 11 is 0. The van der Waals surface area contributed by atoms with E-state index in [1.54, 1.807) is 0 Å². The lowest BCUT2D eigenvalue weighted by Gasteiger charge is -2.35. The molecule has 0 unspecified atom stereocenters. The largest absolute Gasteiger partial charge is 0.396 e. The Kier molecular flexibility index (Phi) is 8.73. The van der Waals surface area contributed by atoms with Crippen molar-refractivity contribution in [1.29, 1.82) is 0 Å². The van der Waals surface area contributed by atoms with Crippen LogP contribution < -0.4 is 5.32 Å². The van der Waals surface area contributed by atoms with Gasteiger partial charge in [-0.15, -0.1) is 0 Å². The Morgan fingerprint density at radius 1 is 1.08 bits per heavy atom. The van der Waals surface area contributed by atoms with Gasteiger partial charge in [-0.2, -0.15) is 5.10 Å². The third-order valence-electron chi connectivity index (χ3n) is 7.44. The smallest absolute Gasteiger partial charge is 0.222 e. The molecule has 1 fully saturated rings. The van der Waals surface area contributed by atoms with E-state index in [1.807, 2.05) is 47.2 Å². The number of nitrogens with one attached hydrogen (secondary N) is 1. The van der Waals surface area contributed by atoms with E-state index in [0.717, 1.165) is 72.7 Å². The van der Waals surface area contributed by atoms with Gasteiger partial charge in [-0.25, -0.2) is 4.98 Å². The first-order chi connectivity index (χ1) is 19.1. The van der Waals surface area contributed by atoms with Crippen LogP contribution in [0.15, 0.2) is 73.2 Å². The van der Waals surface area contributed by atoms with Gasteiger partial charge in [-0.05, 0) is 67.9 Å². The number of rotatable bonds is 11. The van der Waals surface area contributed by atoms with Crippen molar-refractivity contribution in [2.24, 2.45) is 7.05 Å². The number of benzene rings is 2. The molecule has 0 spiro atoms. The van der Waals surface area contributed by atoms with E-state index in [-0.39, 0.29) is 18.6 Å². The highest BCUT2D eigenvalue weighted by Crippen LogP contribution is 2.23. The quantitative estimate of drug-likeness (QED) is 0.288. The number of imidazole rings is 1. The second-order valence-electron chi connectivity index (χ2n) is 10.3. The van der Waals surface area contributed by atoms with Crippen LogP contribution in [0.4, 0.5) is 5.95 Å². The Morgan fingerprint density at radius 3 is 2.74 bits per heavy atom. The van der Waals surface area contributed by atoms with Crippen molar-refractivity contribution in [3.8, 4) is 16.8 Å². The predicted octanol–water partition coefficient (Wildman–Crippen LogP) is 4.97. The van der Waals surface area contributed by atoms with E-state index in [1.165, 1.54) is 0 Å². The molecule has 1 atom stereocenters. The molecule has 2 N–H and O–H groups in total. The summed E-state index contributed by atoms with van der Waals surface area (Å²) in [6.07, 6.45) is 11.8. The molecule has 8 heteroatoms. The number of piperidine rings is 1. The van der Waals surface area contributed by atoms with Gasteiger partial charge in [0.25, 0.3) is 0 Å². The van der Waals surface area contributed by atoms with Crippen LogP contribution in [0.5, 0.6) is 0 Å². The van der Waals surface area contributed by atoms with E-state index in [0.29, 0.717) is 19.4 Å². The van der Waals surface area contributed by atoms with Crippen molar-refractivity contribution >= 4 is 11.9 Å². The maximum atomic E-state index is 13.0. The summed E-state index contributed by atoms with van der Waals surface area (Å²) in [5, 5.41) is 17.2. The molecule has 1 aliphatic rings. The molecule has 1 aliphatic heterocycles. The van der Waals surface area contributed by atoms with Gasteiger partial charge in [0.05, 0.1) is 11.9 Å². The number of likely N-dealkylation sites (tertiary alicyclic amines) is 1. The van der Waals surface area contributed by atoms with Gasteiger partial charge in [-0.1, -0.05) is 36.4 Å². The van der Waals surface area contributed by atoms with Crippen LogP contribution >= 0.6 is 0 Å². The third kappa shape index (κ3) is 6.75. The molecule has 2 aromatic carbocycles. The summed E-state index contributed by atoms with van der Waals surface area (Å²) in [5.41, 5.74) is 5.39. The lowest BCUT2D eigenvalue weighted by atomic mass is 9.99. The SMILES string of the molecule is Cn1cc(-c2cccc(CNc3nc(CCCC(=O)N4CCCC[C@@H]4CCO)cn3-c3ccccc3)c2)cn1.